The first-order valence-electron chi connectivity index (χ1n) is 5.26. The zero-order chi connectivity index (χ0) is 11.4. The van der Waals surface area contributed by atoms with Gasteiger partial charge in [0.15, 0.2) is 0 Å². The number of carbonyl (C=O) groups excluding carboxylic acids is 1. The van der Waals surface area contributed by atoms with Crippen LogP contribution in [0.25, 0.3) is 0 Å². The quantitative estimate of drug-likeness (QED) is 0.606. The van der Waals surface area contributed by atoms with Gasteiger partial charge in [0, 0.05) is 6.54 Å². The molecule has 0 radical (unpaired) electrons. The van der Waals surface area contributed by atoms with Crippen molar-refractivity contribution in [2.45, 2.75) is 26.3 Å². The van der Waals surface area contributed by atoms with Gasteiger partial charge >= 0.3 is 5.97 Å². The van der Waals surface area contributed by atoms with Crippen LogP contribution in [0.2, 0.25) is 0 Å². The Balaban J connectivity index is 2.32. The summed E-state index contributed by atoms with van der Waals surface area (Å²) >= 11 is 0. The fourth-order valence-electron chi connectivity index (χ4n) is 1.64. The molecular weight excluding hydrogens is 196 g/mol. The Kier molecular flexibility index (Phi) is 4.08. The maximum atomic E-state index is 11.6. The van der Waals surface area contributed by atoms with Crippen LogP contribution in [0.1, 0.15) is 20.3 Å². The van der Waals surface area contributed by atoms with E-state index in [1.807, 2.05) is 6.92 Å². The van der Waals surface area contributed by atoms with Crippen LogP contribution in [0, 0.1) is 11.8 Å². The Hall–Kier alpha value is -1.10. The molecule has 86 valence electrons. The van der Waals surface area contributed by atoms with Gasteiger partial charge in [0.2, 0.25) is 5.91 Å². The zero-order valence-corrected chi connectivity index (χ0v) is 9.12. The first-order chi connectivity index (χ1) is 7.02. The largest absolute Gasteiger partial charge is 0.481 e. The van der Waals surface area contributed by atoms with Crippen molar-refractivity contribution in [1.82, 2.24) is 10.6 Å². The third-order valence-electron chi connectivity index (χ3n) is 2.82. The molecular formula is C10H18N2O3. The van der Waals surface area contributed by atoms with Gasteiger partial charge in [0.1, 0.15) is 0 Å². The van der Waals surface area contributed by atoms with Gasteiger partial charge in [-0.05, 0) is 18.9 Å². The summed E-state index contributed by atoms with van der Waals surface area (Å²) in [5, 5.41) is 14.4. The Morgan fingerprint density at radius 3 is 2.73 bits per heavy atom. The smallest absolute Gasteiger partial charge is 0.308 e. The van der Waals surface area contributed by atoms with E-state index in [9.17, 15) is 9.59 Å². The number of aliphatic carboxylic acids is 1. The first kappa shape index (κ1) is 12.0. The fraction of sp³-hybridized carbons (Fsp3) is 0.800. The Morgan fingerprint density at radius 1 is 1.60 bits per heavy atom. The minimum atomic E-state index is -0.886. The number of carboxylic acids is 1. The van der Waals surface area contributed by atoms with Gasteiger partial charge in [-0.2, -0.15) is 0 Å². The molecule has 3 atom stereocenters. The standard InChI is InChI=1S/C10H18N2O3/c1-6-3-4-11-8(6)9(13)12-5-7(2)10(14)15/h6-8,11H,3-5H2,1-2H3,(H,12,13)(H,14,15). The molecule has 3 unspecified atom stereocenters. The van der Waals surface area contributed by atoms with Crippen LogP contribution >= 0.6 is 0 Å². The van der Waals surface area contributed by atoms with E-state index in [0.717, 1.165) is 13.0 Å². The molecule has 0 aliphatic carbocycles. The number of amides is 1. The molecule has 0 aromatic heterocycles. The van der Waals surface area contributed by atoms with Gasteiger partial charge in [-0.1, -0.05) is 13.8 Å². The minimum Gasteiger partial charge on any atom is -0.481 e. The van der Waals surface area contributed by atoms with E-state index < -0.39 is 11.9 Å². The fourth-order valence-corrected chi connectivity index (χ4v) is 1.64. The molecule has 1 saturated heterocycles. The van der Waals surface area contributed by atoms with Crippen molar-refractivity contribution in [3.63, 3.8) is 0 Å². The highest BCUT2D eigenvalue weighted by molar-refractivity contribution is 5.83. The van der Waals surface area contributed by atoms with Crippen molar-refractivity contribution in [3.05, 3.63) is 0 Å². The summed E-state index contributed by atoms with van der Waals surface area (Å²) in [4.78, 5) is 22.1. The van der Waals surface area contributed by atoms with E-state index in [1.54, 1.807) is 6.92 Å². The average molecular weight is 214 g/mol. The maximum Gasteiger partial charge on any atom is 0.308 e. The second-order valence-corrected chi connectivity index (χ2v) is 4.18. The maximum absolute atomic E-state index is 11.6. The summed E-state index contributed by atoms with van der Waals surface area (Å²) < 4.78 is 0. The number of hydrogen-bond donors (Lipinski definition) is 3. The molecule has 1 fully saturated rings. The highest BCUT2D eigenvalue weighted by Gasteiger charge is 2.29. The van der Waals surface area contributed by atoms with Crippen molar-refractivity contribution >= 4 is 11.9 Å². The molecule has 1 heterocycles. The van der Waals surface area contributed by atoms with Crippen molar-refractivity contribution in [3.8, 4) is 0 Å². The van der Waals surface area contributed by atoms with Crippen molar-refractivity contribution in [1.29, 1.82) is 0 Å². The van der Waals surface area contributed by atoms with Crippen LogP contribution in [0.15, 0.2) is 0 Å². The summed E-state index contributed by atoms with van der Waals surface area (Å²) in [5.74, 6) is -1.19. The number of carboxylic acid groups (broad SMARTS) is 1. The summed E-state index contributed by atoms with van der Waals surface area (Å²) in [7, 11) is 0. The molecule has 0 aromatic carbocycles. The molecule has 5 heteroatoms. The van der Waals surface area contributed by atoms with Crippen molar-refractivity contribution in [2.75, 3.05) is 13.1 Å². The summed E-state index contributed by atoms with van der Waals surface area (Å²) in [6.45, 7) is 4.64. The van der Waals surface area contributed by atoms with Gasteiger partial charge in [-0.3, -0.25) is 9.59 Å². The van der Waals surface area contributed by atoms with E-state index in [1.165, 1.54) is 0 Å². The Labute approximate surface area is 89.2 Å². The second kappa shape index (κ2) is 5.11. The van der Waals surface area contributed by atoms with E-state index in [4.69, 9.17) is 5.11 Å². The second-order valence-electron chi connectivity index (χ2n) is 4.18. The number of rotatable bonds is 4. The minimum absolute atomic E-state index is 0.0897. The third-order valence-corrected chi connectivity index (χ3v) is 2.82. The highest BCUT2D eigenvalue weighted by Crippen LogP contribution is 2.14. The van der Waals surface area contributed by atoms with Crippen LogP contribution in [-0.2, 0) is 9.59 Å². The van der Waals surface area contributed by atoms with E-state index in [2.05, 4.69) is 10.6 Å². The van der Waals surface area contributed by atoms with Crippen molar-refractivity contribution < 1.29 is 14.7 Å². The SMILES string of the molecule is CC(CNC(=O)C1NCCC1C)C(=O)O. The highest BCUT2D eigenvalue weighted by atomic mass is 16.4. The normalized spacial score (nSPS) is 27.3. The summed E-state index contributed by atoms with van der Waals surface area (Å²) in [5.41, 5.74) is 0. The van der Waals surface area contributed by atoms with Crippen LogP contribution in [0.5, 0.6) is 0 Å². The molecule has 0 bridgehead atoms. The lowest BCUT2D eigenvalue weighted by atomic mass is 10.0. The molecule has 0 aromatic rings. The van der Waals surface area contributed by atoms with E-state index in [-0.39, 0.29) is 18.5 Å². The van der Waals surface area contributed by atoms with Gasteiger partial charge in [0.25, 0.3) is 0 Å². The van der Waals surface area contributed by atoms with Crippen LogP contribution in [0.4, 0.5) is 0 Å². The monoisotopic (exact) mass is 214 g/mol. The Bertz CT molecular complexity index is 255. The predicted molar refractivity (Wildman–Crippen MR) is 55.4 cm³/mol. The number of nitrogens with one attached hydrogen (secondary N) is 2. The van der Waals surface area contributed by atoms with Gasteiger partial charge in [0.05, 0.1) is 12.0 Å². The molecule has 0 saturated carbocycles. The average Bonchev–Trinajstić information content (AvgIpc) is 2.60. The lowest BCUT2D eigenvalue weighted by Gasteiger charge is -2.16. The molecule has 1 aliphatic rings. The van der Waals surface area contributed by atoms with E-state index >= 15 is 0 Å². The lowest BCUT2D eigenvalue weighted by molar-refractivity contribution is -0.141. The first-order valence-corrected chi connectivity index (χ1v) is 5.26. The molecule has 3 N–H and O–H groups in total. The molecule has 1 amide bonds. The predicted octanol–water partition coefficient (Wildman–Crippen LogP) is -0.179. The Morgan fingerprint density at radius 2 is 2.27 bits per heavy atom. The summed E-state index contributed by atoms with van der Waals surface area (Å²) in [6.07, 6.45) is 0.993. The summed E-state index contributed by atoms with van der Waals surface area (Å²) in [6, 6.07) is -0.161. The molecule has 5 nitrogen and oxygen atoms in total. The molecule has 1 rings (SSSR count). The number of hydrogen-bond acceptors (Lipinski definition) is 3. The molecule has 15 heavy (non-hydrogen) atoms. The van der Waals surface area contributed by atoms with Crippen LogP contribution in [0.3, 0.4) is 0 Å². The van der Waals surface area contributed by atoms with Crippen molar-refractivity contribution in [2.24, 2.45) is 11.8 Å². The topological polar surface area (TPSA) is 78.4 Å². The number of carbonyl (C=O) groups is 2. The van der Waals surface area contributed by atoms with E-state index in [0.29, 0.717) is 5.92 Å². The van der Waals surface area contributed by atoms with Gasteiger partial charge in [-0.25, -0.2) is 0 Å². The molecule has 0 spiro atoms. The molecule has 1 aliphatic heterocycles. The van der Waals surface area contributed by atoms with Gasteiger partial charge in [-0.15, -0.1) is 0 Å². The van der Waals surface area contributed by atoms with Crippen LogP contribution < -0.4 is 10.6 Å². The van der Waals surface area contributed by atoms with Crippen LogP contribution in [-0.4, -0.2) is 36.1 Å². The van der Waals surface area contributed by atoms with Gasteiger partial charge < -0.3 is 15.7 Å². The lowest BCUT2D eigenvalue weighted by Crippen LogP contribution is -2.45. The zero-order valence-electron chi connectivity index (χ0n) is 9.12. The third kappa shape index (κ3) is 3.20.